The summed E-state index contributed by atoms with van der Waals surface area (Å²) in [6.45, 7) is 0.107. The van der Waals surface area contributed by atoms with Crippen LogP contribution in [0, 0.1) is 0 Å². The van der Waals surface area contributed by atoms with Crippen LogP contribution >= 0.6 is 0 Å². The second-order valence-corrected chi connectivity index (χ2v) is 3.07. The third-order valence-electron chi connectivity index (χ3n) is 0.622. The summed E-state index contributed by atoms with van der Waals surface area (Å²) in [7, 11) is -2.18. The zero-order valence-corrected chi connectivity index (χ0v) is 8.44. The standard InChI is InChI=1S/C3H9NO3S.Na.H/c1-7-8(5,6)3-2-4;;/h2-4H2,1H3;;/q;+1;-1. The summed E-state index contributed by atoms with van der Waals surface area (Å²) in [6, 6.07) is 0. The average molecular weight is 163 g/mol. The fraction of sp³-hybridized carbons (Fsp3) is 1.00. The quantitative estimate of drug-likeness (QED) is 0.340. The maximum absolute atomic E-state index is 10.3. The molecule has 0 bridgehead atoms. The van der Waals surface area contributed by atoms with Gasteiger partial charge in [-0.25, -0.2) is 0 Å². The Hall–Kier alpha value is 0.870. The van der Waals surface area contributed by atoms with Crippen LogP contribution in [0.3, 0.4) is 0 Å². The normalized spacial score (nSPS) is 10.4. The number of nitrogens with two attached hydrogens (primary N) is 1. The van der Waals surface area contributed by atoms with Crippen molar-refractivity contribution >= 4 is 10.1 Å². The third kappa shape index (κ3) is 6.76. The van der Waals surface area contributed by atoms with Crippen LogP contribution in [0.2, 0.25) is 0 Å². The van der Waals surface area contributed by atoms with E-state index in [0.717, 1.165) is 7.11 Å². The van der Waals surface area contributed by atoms with E-state index in [4.69, 9.17) is 5.73 Å². The number of rotatable bonds is 3. The van der Waals surface area contributed by atoms with Crippen molar-refractivity contribution in [3.05, 3.63) is 0 Å². The molecule has 9 heavy (non-hydrogen) atoms. The Morgan fingerprint density at radius 3 is 2.22 bits per heavy atom. The van der Waals surface area contributed by atoms with Crippen LogP contribution in [0.4, 0.5) is 0 Å². The predicted octanol–water partition coefficient (Wildman–Crippen LogP) is -3.96. The Bertz CT molecular complexity index is 148. The molecule has 0 heterocycles. The first-order valence-electron chi connectivity index (χ1n) is 2.11. The Balaban J connectivity index is -0.000000245. The molecule has 0 saturated carbocycles. The zero-order chi connectivity index (χ0) is 6.62. The number of hydrogen-bond donors (Lipinski definition) is 1. The molecule has 0 aromatic rings. The molecule has 2 N–H and O–H groups in total. The van der Waals surface area contributed by atoms with E-state index in [-0.39, 0.29) is 43.3 Å². The van der Waals surface area contributed by atoms with Crippen LogP contribution < -0.4 is 35.3 Å². The van der Waals surface area contributed by atoms with Crippen molar-refractivity contribution in [1.82, 2.24) is 0 Å². The van der Waals surface area contributed by atoms with Gasteiger partial charge in [-0.1, -0.05) is 0 Å². The largest absolute Gasteiger partial charge is 1.00 e. The van der Waals surface area contributed by atoms with Crippen LogP contribution in [0.25, 0.3) is 0 Å². The second kappa shape index (κ2) is 5.64. The van der Waals surface area contributed by atoms with E-state index in [1.165, 1.54) is 0 Å². The summed E-state index contributed by atoms with van der Waals surface area (Å²) in [5, 5.41) is 0. The minimum absolute atomic E-state index is 0. The summed E-state index contributed by atoms with van der Waals surface area (Å²) >= 11 is 0. The van der Waals surface area contributed by atoms with Crippen LogP contribution in [0.1, 0.15) is 1.43 Å². The van der Waals surface area contributed by atoms with E-state index in [1.807, 2.05) is 0 Å². The van der Waals surface area contributed by atoms with Crippen LogP contribution in [-0.4, -0.2) is 27.8 Å². The van der Waals surface area contributed by atoms with Gasteiger partial charge in [0.25, 0.3) is 10.1 Å². The van der Waals surface area contributed by atoms with E-state index >= 15 is 0 Å². The Morgan fingerprint density at radius 1 is 1.67 bits per heavy atom. The SMILES string of the molecule is COS(=O)(=O)CCN.[H-].[Na+]. The molecule has 0 aliphatic rings. The molecule has 0 rings (SSSR count). The average Bonchev–Trinajstić information content (AvgIpc) is 1.67. The topological polar surface area (TPSA) is 69.4 Å². The van der Waals surface area contributed by atoms with Crippen LogP contribution in [0.15, 0.2) is 0 Å². The van der Waals surface area contributed by atoms with Crippen LogP contribution in [-0.2, 0) is 14.3 Å². The molecule has 0 unspecified atom stereocenters. The van der Waals surface area contributed by atoms with Gasteiger partial charge in [0.1, 0.15) is 0 Å². The first-order chi connectivity index (χ1) is 3.62. The molecule has 0 spiro atoms. The van der Waals surface area contributed by atoms with Crippen molar-refractivity contribution in [3.63, 3.8) is 0 Å². The first kappa shape index (κ1) is 12.5. The smallest absolute Gasteiger partial charge is 1.00 e. The summed E-state index contributed by atoms with van der Waals surface area (Å²) < 4.78 is 24.7. The van der Waals surface area contributed by atoms with Gasteiger partial charge in [0.15, 0.2) is 0 Å². The number of hydrogen-bond acceptors (Lipinski definition) is 4. The minimum atomic E-state index is -3.29. The molecular weight excluding hydrogens is 153 g/mol. The van der Waals surface area contributed by atoms with Gasteiger partial charge in [-0.2, -0.15) is 8.42 Å². The van der Waals surface area contributed by atoms with Crippen LogP contribution in [0.5, 0.6) is 0 Å². The molecule has 6 heteroatoms. The molecule has 0 aliphatic carbocycles. The molecule has 0 amide bonds. The molecule has 4 nitrogen and oxygen atoms in total. The van der Waals surface area contributed by atoms with Crippen molar-refractivity contribution in [2.75, 3.05) is 19.4 Å². The molecule has 0 radical (unpaired) electrons. The fourth-order valence-corrected chi connectivity index (χ4v) is 0.683. The van der Waals surface area contributed by atoms with Gasteiger partial charge in [0.05, 0.1) is 12.9 Å². The van der Waals surface area contributed by atoms with Gasteiger partial charge in [0, 0.05) is 6.54 Å². The second-order valence-electron chi connectivity index (χ2n) is 1.22. The van der Waals surface area contributed by atoms with Crippen molar-refractivity contribution in [1.29, 1.82) is 0 Å². The van der Waals surface area contributed by atoms with Gasteiger partial charge in [0.2, 0.25) is 0 Å². The van der Waals surface area contributed by atoms with E-state index in [2.05, 4.69) is 4.18 Å². The van der Waals surface area contributed by atoms with Gasteiger partial charge >= 0.3 is 29.6 Å². The molecule has 0 aromatic carbocycles. The van der Waals surface area contributed by atoms with Gasteiger partial charge < -0.3 is 7.16 Å². The summed E-state index contributed by atoms with van der Waals surface area (Å²) in [4.78, 5) is 0. The summed E-state index contributed by atoms with van der Waals surface area (Å²) in [5.74, 6) is -0.108. The minimum Gasteiger partial charge on any atom is -1.00 e. The molecule has 0 aliphatic heterocycles. The van der Waals surface area contributed by atoms with Gasteiger partial charge in [-0.05, 0) is 0 Å². The van der Waals surface area contributed by atoms with E-state index in [0.29, 0.717) is 0 Å². The maximum atomic E-state index is 10.3. The van der Waals surface area contributed by atoms with E-state index in [1.54, 1.807) is 0 Å². The van der Waals surface area contributed by atoms with E-state index in [9.17, 15) is 8.42 Å². The Morgan fingerprint density at radius 2 is 2.11 bits per heavy atom. The van der Waals surface area contributed by atoms with Crippen molar-refractivity contribution in [2.45, 2.75) is 0 Å². The summed E-state index contributed by atoms with van der Waals surface area (Å²) in [5.41, 5.74) is 4.93. The Labute approximate surface area is 78.7 Å². The third-order valence-corrected chi connectivity index (χ3v) is 1.87. The molecular formula is C3H10NNaO3S. The van der Waals surface area contributed by atoms with Gasteiger partial charge in [-0.3, -0.25) is 4.18 Å². The molecule has 0 fully saturated rings. The molecule has 52 valence electrons. The van der Waals surface area contributed by atoms with Crippen molar-refractivity contribution < 1.29 is 43.6 Å². The summed E-state index contributed by atoms with van der Waals surface area (Å²) in [6.07, 6.45) is 0. The zero-order valence-electron chi connectivity index (χ0n) is 6.62. The monoisotopic (exact) mass is 163 g/mol. The fourth-order valence-electron chi connectivity index (χ4n) is 0.228. The van der Waals surface area contributed by atoms with E-state index < -0.39 is 10.1 Å². The maximum Gasteiger partial charge on any atom is 1.00 e. The molecule has 0 aromatic heterocycles. The molecule has 0 saturated heterocycles. The first-order valence-corrected chi connectivity index (χ1v) is 3.68. The Kier molecular flexibility index (Phi) is 7.86. The van der Waals surface area contributed by atoms with Crippen molar-refractivity contribution in [3.8, 4) is 0 Å². The van der Waals surface area contributed by atoms with Gasteiger partial charge in [-0.15, -0.1) is 0 Å². The molecule has 0 atom stereocenters. The predicted molar refractivity (Wildman–Crippen MR) is 31.0 cm³/mol. The van der Waals surface area contributed by atoms with Crippen molar-refractivity contribution in [2.24, 2.45) is 5.73 Å².